The van der Waals surface area contributed by atoms with E-state index in [2.05, 4.69) is 40.1 Å². The molecule has 0 radical (unpaired) electrons. The van der Waals surface area contributed by atoms with Crippen LogP contribution < -0.4 is 5.32 Å². The molecular weight excluding hydrogens is 311 g/mol. The molecule has 1 heterocycles. The summed E-state index contributed by atoms with van der Waals surface area (Å²) >= 11 is 3.25. The van der Waals surface area contributed by atoms with Crippen molar-refractivity contribution in [2.75, 3.05) is 13.6 Å². The highest BCUT2D eigenvalue weighted by molar-refractivity contribution is 9.10. The van der Waals surface area contributed by atoms with Crippen LogP contribution in [0.25, 0.3) is 0 Å². The molecule has 0 spiro atoms. The molecule has 2 unspecified atom stereocenters. The maximum Gasteiger partial charge on any atom is 0.254 e. The Kier molecular flexibility index (Phi) is 4.58. The van der Waals surface area contributed by atoms with Gasteiger partial charge in [-0.25, -0.2) is 4.39 Å². The van der Waals surface area contributed by atoms with Crippen molar-refractivity contribution in [3.8, 4) is 0 Å². The maximum atomic E-state index is 13.6. The summed E-state index contributed by atoms with van der Waals surface area (Å²) in [7, 11) is 2.08. The fourth-order valence-electron chi connectivity index (χ4n) is 2.36. The minimum Gasteiger partial charge on any atom is -0.349 e. The maximum absolute atomic E-state index is 13.6. The molecular formula is C14H18BrFN2O. The number of amides is 1. The molecule has 1 saturated heterocycles. The van der Waals surface area contributed by atoms with Gasteiger partial charge in [-0.3, -0.25) is 4.79 Å². The molecule has 1 N–H and O–H groups in total. The first kappa shape index (κ1) is 14.5. The van der Waals surface area contributed by atoms with Crippen molar-refractivity contribution in [3.63, 3.8) is 0 Å². The van der Waals surface area contributed by atoms with Crippen LogP contribution in [0.4, 0.5) is 4.39 Å². The van der Waals surface area contributed by atoms with Crippen molar-refractivity contribution in [3.05, 3.63) is 34.1 Å². The zero-order valence-electron chi connectivity index (χ0n) is 11.1. The molecule has 104 valence electrons. The fraction of sp³-hybridized carbons (Fsp3) is 0.500. The SMILES string of the molecule is CC1CC(NC(=O)c2cc(Br)ccc2F)CCN1C. The number of likely N-dealkylation sites (tertiary alicyclic amines) is 1. The zero-order valence-corrected chi connectivity index (χ0v) is 12.7. The van der Waals surface area contributed by atoms with Gasteiger partial charge < -0.3 is 10.2 Å². The fourth-order valence-corrected chi connectivity index (χ4v) is 2.72. The summed E-state index contributed by atoms with van der Waals surface area (Å²) in [6.07, 6.45) is 1.81. The Hall–Kier alpha value is -0.940. The van der Waals surface area contributed by atoms with Gasteiger partial charge in [0, 0.05) is 23.1 Å². The minimum atomic E-state index is -0.485. The Morgan fingerprint density at radius 1 is 1.53 bits per heavy atom. The number of nitrogens with one attached hydrogen (secondary N) is 1. The summed E-state index contributed by atoms with van der Waals surface area (Å²) in [6.45, 7) is 3.09. The number of hydrogen-bond donors (Lipinski definition) is 1. The third kappa shape index (κ3) is 3.54. The van der Waals surface area contributed by atoms with E-state index in [4.69, 9.17) is 0 Å². The number of benzene rings is 1. The largest absolute Gasteiger partial charge is 0.349 e. The van der Waals surface area contributed by atoms with Crippen LogP contribution in [0.2, 0.25) is 0 Å². The van der Waals surface area contributed by atoms with Crippen molar-refractivity contribution >= 4 is 21.8 Å². The minimum absolute atomic E-state index is 0.0981. The van der Waals surface area contributed by atoms with Crippen LogP contribution in [0.1, 0.15) is 30.1 Å². The summed E-state index contributed by atoms with van der Waals surface area (Å²) < 4.78 is 14.3. The molecule has 3 nitrogen and oxygen atoms in total. The summed E-state index contributed by atoms with van der Waals surface area (Å²) in [5.74, 6) is -0.817. The van der Waals surface area contributed by atoms with E-state index in [9.17, 15) is 9.18 Å². The standard InChI is InChI=1S/C14H18BrFN2O/c1-9-7-11(5-6-18(9)2)17-14(19)12-8-10(15)3-4-13(12)16/h3-4,8-9,11H,5-7H2,1-2H3,(H,17,19). The predicted octanol–water partition coefficient (Wildman–Crippen LogP) is 2.80. The number of hydrogen-bond acceptors (Lipinski definition) is 2. The molecule has 0 saturated carbocycles. The molecule has 1 aromatic carbocycles. The predicted molar refractivity (Wildman–Crippen MR) is 76.7 cm³/mol. The first-order valence-electron chi connectivity index (χ1n) is 6.43. The van der Waals surface area contributed by atoms with E-state index in [-0.39, 0.29) is 17.5 Å². The number of nitrogens with zero attached hydrogens (tertiary/aromatic N) is 1. The lowest BCUT2D eigenvalue weighted by Gasteiger charge is -2.35. The van der Waals surface area contributed by atoms with Gasteiger partial charge in [-0.2, -0.15) is 0 Å². The molecule has 1 aromatic rings. The van der Waals surface area contributed by atoms with E-state index in [1.54, 1.807) is 6.07 Å². The topological polar surface area (TPSA) is 32.3 Å². The van der Waals surface area contributed by atoms with E-state index >= 15 is 0 Å². The highest BCUT2D eigenvalue weighted by Crippen LogP contribution is 2.18. The van der Waals surface area contributed by atoms with Crippen LogP contribution in [0, 0.1) is 5.82 Å². The van der Waals surface area contributed by atoms with E-state index in [1.807, 2.05) is 0 Å². The first-order valence-corrected chi connectivity index (χ1v) is 7.23. The van der Waals surface area contributed by atoms with Gasteiger partial charge in [0.1, 0.15) is 5.82 Å². The highest BCUT2D eigenvalue weighted by atomic mass is 79.9. The molecule has 0 bridgehead atoms. The average molecular weight is 329 g/mol. The Labute approximate surface area is 121 Å². The van der Waals surface area contributed by atoms with E-state index in [1.165, 1.54) is 12.1 Å². The molecule has 0 aliphatic carbocycles. The Morgan fingerprint density at radius 3 is 2.95 bits per heavy atom. The molecule has 2 rings (SSSR count). The van der Waals surface area contributed by atoms with Crippen LogP contribution in [0.3, 0.4) is 0 Å². The van der Waals surface area contributed by atoms with Crippen molar-refractivity contribution < 1.29 is 9.18 Å². The van der Waals surface area contributed by atoms with E-state index < -0.39 is 5.82 Å². The number of rotatable bonds is 2. The number of piperidine rings is 1. The molecule has 0 aromatic heterocycles. The molecule has 5 heteroatoms. The first-order chi connectivity index (χ1) is 8.97. The van der Waals surface area contributed by atoms with Crippen LogP contribution >= 0.6 is 15.9 Å². The Morgan fingerprint density at radius 2 is 2.26 bits per heavy atom. The van der Waals surface area contributed by atoms with Gasteiger partial charge >= 0.3 is 0 Å². The van der Waals surface area contributed by atoms with Crippen LogP contribution in [0.5, 0.6) is 0 Å². The lowest BCUT2D eigenvalue weighted by molar-refractivity contribution is 0.0892. The second-order valence-electron chi connectivity index (χ2n) is 5.15. The van der Waals surface area contributed by atoms with Crippen LogP contribution in [-0.4, -0.2) is 36.5 Å². The van der Waals surface area contributed by atoms with Gasteiger partial charge in [-0.05, 0) is 45.0 Å². The van der Waals surface area contributed by atoms with Crippen LogP contribution in [-0.2, 0) is 0 Å². The van der Waals surface area contributed by atoms with Gasteiger partial charge in [0.05, 0.1) is 5.56 Å². The summed E-state index contributed by atoms with van der Waals surface area (Å²) in [5.41, 5.74) is 0.0981. The smallest absolute Gasteiger partial charge is 0.254 e. The Balaban J connectivity index is 2.03. The number of halogens is 2. The third-order valence-corrected chi connectivity index (χ3v) is 4.21. The summed E-state index contributed by atoms with van der Waals surface area (Å²) in [5, 5.41) is 2.93. The summed E-state index contributed by atoms with van der Waals surface area (Å²) in [4.78, 5) is 14.4. The third-order valence-electron chi connectivity index (χ3n) is 3.72. The molecule has 1 aliphatic heterocycles. The highest BCUT2D eigenvalue weighted by Gasteiger charge is 2.25. The van der Waals surface area contributed by atoms with Crippen molar-refractivity contribution in [1.82, 2.24) is 10.2 Å². The average Bonchev–Trinajstić information content (AvgIpc) is 2.36. The van der Waals surface area contributed by atoms with Gasteiger partial charge in [0.2, 0.25) is 0 Å². The van der Waals surface area contributed by atoms with E-state index in [0.29, 0.717) is 10.5 Å². The molecule has 2 atom stereocenters. The Bertz CT molecular complexity index is 481. The van der Waals surface area contributed by atoms with Gasteiger partial charge in [0.15, 0.2) is 0 Å². The molecule has 1 fully saturated rings. The zero-order chi connectivity index (χ0) is 14.0. The van der Waals surface area contributed by atoms with Gasteiger partial charge in [-0.15, -0.1) is 0 Å². The lowest BCUT2D eigenvalue weighted by Crippen LogP contribution is -2.47. The molecule has 1 amide bonds. The lowest BCUT2D eigenvalue weighted by atomic mass is 9.98. The second kappa shape index (κ2) is 6.01. The summed E-state index contributed by atoms with van der Waals surface area (Å²) in [6, 6.07) is 4.96. The van der Waals surface area contributed by atoms with Crippen LogP contribution in [0.15, 0.2) is 22.7 Å². The second-order valence-corrected chi connectivity index (χ2v) is 6.06. The molecule has 1 aliphatic rings. The number of carbonyl (C=O) groups is 1. The number of carbonyl (C=O) groups excluding carboxylic acids is 1. The monoisotopic (exact) mass is 328 g/mol. The van der Waals surface area contributed by atoms with Gasteiger partial charge in [-0.1, -0.05) is 15.9 Å². The quantitative estimate of drug-likeness (QED) is 0.905. The van der Waals surface area contributed by atoms with Crippen molar-refractivity contribution in [2.45, 2.75) is 31.8 Å². The van der Waals surface area contributed by atoms with Crippen molar-refractivity contribution in [1.29, 1.82) is 0 Å². The van der Waals surface area contributed by atoms with Crippen molar-refractivity contribution in [2.24, 2.45) is 0 Å². The normalized spacial score (nSPS) is 24.2. The van der Waals surface area contributed by atoms with E-state index in [0.717, 1.165) is 19.4 Å². The van der Waals surface area contributed by atoms with Gasteiger partial charge in [0.25, 0.3) is 5.91 Å². The molecule has 19 heavy (non-hydrogen) atoms.